The average molecular weight is 412 g/mol. The molecule has 3 aromatic carbocycles. The van der Waals surface area contributed by atoms with Gasteiger partial charge in [0.15, 0.2) is 0 Å². The lowest BCUT2D eigenvalue weighted by atomic mass is 9.97. The van der Waals surface area contributed by atoms with Crippen LogP contribution in [0.3, 0.4) is 0 Å². The van der Waals surface area contributed by atoms with Crippen molar-refractivity contribution < 1.29 is 9.59 Å². The molecule has 1 aliphatic carbocycles. The Bertz CT molecular complexity index is 1150. The third-order valence-electron chi connectivity index (χ3n) is 5.29. The highest BCUT2D eigenvalue weighted by Crippen LogP contribution is 2.25. The second kappa shape index (κ2) is 8.88. The summed E-state index contributed by atoms with van der Waals surface area (Å²) in [6.07, 6.45) is 3.93. The lowest BCUT2D eigenvalue weighted by molar-refractivity contribution is -0.115. The van der Waals surface area contributed by atoms with Gasteiger partial charge in [-0.2, -0.15) is 0 Å². The zero-order chi connectivity index (χ0) is 21.8. The Kier molecular flexibility index (Phi) is 5.85. The maximum absolute atomic E-state index is 12.9. The normalized spacial score (nSPS) is 13.5. The molecule has 4 rings (SSSR count). The van der Waals surface area contributed by atoms with Crippen LogP contribution in [0.4, 0.5) is 11.4 Å². The monoisotopic (exact) mass is 411 g/mol. The highest BCUT2D eigenvalue weighted by molar-refractivity contribution is 6.24. The van der Waals surface area contributed by atoms with Crippen LogP contribution in [0.5, 0.6) is 0 Å². The summed E-state index contributed by atoms with van der Waals surface area (Å²) in [6.45, 7) is 2.00. The lowest BCUT2D eigenvalue weighted by Gasteiger charge is -2.12. The van der Waals surface area contributed by atoms with E-state index in [9.17, 15) is 9.59 Å². The smallest absolute Gasteiger partial charge is 0.255 e. The summed E-state index contributed by atoms with van der Waals surface area (Å²) in [7, 11) is 0. The van der Waals surface area contributed by atoms with E-state index in [4.69, 9.17) is 5.73 Å². The molecule has 3 aromatic rings. The number of hydrogen-bond donors (Lipinski definition) is 3. The van der Waals surface area contributed by atoms with Gasteiger partial charge in [0.2, 0.25) is 0 Å². The van der Waals surface area contributed by atoms with Crippen LogP contribution in [0.15, 0.2) is 72.8 Å². The Morgan fingerprint density at radius 2 is 1.61 bits per heavy atom. The number of nitrogens with two attached hydrogens (primary N) is 1. The number of hydrogen-bond acceptors (Lipinski definition) is 3. The van der Waals surface area contributed by atoms with E-state index in [2.05, 4.69) is 10.6 Å². The Balaban J connectivity index is 1.58. The van der Waals surface area contributed by atoms with Gasteiger partial charge in [0.05, 0.1) is 11.4 Å². The van der Waals surface area contributed by atoms with Crippen molar-refractivity contribution in [2.75, 3.05) is 11.1 Å². The molecule has 5 nitrogen and oxygen atoms in total. The van der Waals surface area contributed by atoms with Crippen LogP contribution in [0.25, 0.3) is 11.6 Å². The molecule has 0 radical (unpaired) electrons. The zero-order valence-corrected chi connectivity index (χ0v) is 17.4. The number of nitrogens with one attached hydrogen (secondary N) is 2. The number of para-hydroxylation sites is 2. The van der Waals surface area contributed by atoms with E-state index >= 15 is 0 Å². The molecule has 2 amide bonds. The quantitative estimate of drug-likeness (QED) is 0.314. The predicted octanol–water partition coefficient (Wildman–Crippen LogP) is 4.65. The summed E-state index contributed by atoms with van der Waals surface area (Å²) < 4.78 is 0. The molecular weight excluding hydrogens is 386 g/mol. The van der Waals surface area contributed by atoms with Crippen molar-refractivity contribution in [1.82, 2.24) is 5.32 Å². The van der Waals surface area contributed by atoms with Crippen molar-refractivity contribution in [1.29, 1.82) is 0 Å². The van der Waals surface area contributed by atoms with E-state index in [1.807, 2.05) is 61.5 Å². The molecule has 0 unspecified atom stereocenters. The maximum Gasteiger partial charge on any atom is 0.255 e. The summed E-state index contributed by atoms with van der Waals surface area (Å²) >= 11 is 0. The largest absolute Gasteiger partial charge is 0.397 e. The number of benzene rings is 3. The molecule has 31 heavy (non-hydrogen) atoms. The molecule has 0 bridgehead atoms. The Morgan fingerprint density at radius 3 is 2.29 bits per heavy atom. The summed E-state index contributed by atoms with van der Waals surface area (Å²) in [5, 5.41) is 5.90. The fourth-order valence-corrected chi connectivity index (χ4v) is 3.33. The molecule has 4 N–H and O–H groups in total. The van der Waals surface area contributed by atoms with Crippen LogP contribution in [0.2, 0.25) is 0 Å². The molecule has 0 aromatic heterocycles. The van der Waals surface area contributed by atoms with Crippen LogP contribution in [0.1, 0.15) is 39.9 Å². The molecule has 0 aliphatic heterocycles. The number of carbonyl (C=O) groups is 2. The standard InChI is InChI=1S/C26H25N3O2/c1-17-6-2-3-7-21(17)22(26(31)28-20-14-15-20)16-18-10-12-19(13-11-18)25(30)29-24-9-5-4-8-23(24)27/h2-13,16,20H,14-15,27H2,1H3,(H,28,31)(H,29,30)/b22-16+. The second-order valence-corrected chi connectivity index (χ2v) is 7.78. The molecule has 1 aliphatic rings. The van der Waals surface area contributed by atoms with Gasteiger partial charge in [-0.3, -0.25) is 9.59 Å². The summed E-state index contributed by atoms with van der Waals surface area (Å²) in [4.78, 5) is 25.5. The Morgan fingerprint density at radius 1 is 0.935 bits per heavy atom. The van der Waals surface area contributed by atoms with Crippen LogP contribution < -0.4 is 16.4 Å². The van der Waals surface area contributed by atoms with E-state index in [0.717, 1.165) is 29.5 Å². The SMILES string of the molecule is Cc1ccccc1/C(=C\c1ccc(C(=O)Nc2ccccc2N)cc1)C(=O)NC1CC1. The topological polar surface area (TPSA) is 84.2 Å². The molecular formula is C26H25N3O2. The minimum Gasteiger partial charge on any atom is -0.397 e. The first-order valence-electron chi connectivity index (χ1n) is 10.4. The Hall–Kier alpha value is -3.86. The molecule has 0 spiro atoms. The highest BCUT2D eigenvalue weighted by atomic mass is 16.2. The second-order valence-electron chi connectivity index (χ2n) is 7.78. The predicted molar refractivity (Wildman–Crippen MR) is 125 cm³/mol. The highest BCUT2D eigenvalue weighted by Gasteiger charge is 2.25. The van der Waals surface area contributed by atoms with Crippen molar-refractivity contribution in [2.45, 2.75) is 25.8 Å². The minimum atomic E-state index is -0.237. The zero-order valence-electron chi connectivity index (χ0n) is 17.4. The van der Waals surface area contributed by atoms with Crippen molar-refractivity contribution in [3.8, 4) is 0 Å². The van der Waals surface area contributed by atoms with Crippen molar-refractivity contribution in [3.05, 3.63) is 95.1 Å². The van der Waals surface area contributed by atoms with Crippen molar-refractivity contribution in [3.63, 3.8) is 0 Å². The number of amides is 2. The van der Waals surface area contributed by atoms with Gasteiger partial charge < -0.3 is 16.4 Å². The molecule has 1 saturated carbocycles. The van der Waals surface area contributed by atoms with Gasteiger partial charge in [-0.25, -0.2) is 0 Å². The van der Waals surface area contributed by atoms with Gasteiger partial charge in [-0.05, 0) is 66.8 Å². The van der Waals surface area contributed by atoms with E-state index in [1.54, 1.807) is 24.3 Å². The van der Waals surface area contributed by atoms with E-state index in [1.165, 1.54) is 0 Å². The van der Waals surface area contributed by atoms with E-state index < -0.39 is 0 Å². The molecule has 0 atom stereocenters. The Labute approximate surface area is 182 Å². The first-order chi connectivity index (χ1) is 15.0. The number of nitrogen functional groups attached to an aromatic ring is 1. The number of rotatable bonds is 6. The number of carbonyl (C=O) groups excluding carboxylic acids is 2. The first kappa shape index (κ1) is 20.4. The van der Waals surface area contributed by atoms with Crippen LogP contribution in [0, 0.1) is 6.92 Å². The van der Waals surface area contributed by atoms with Crippen molar-refractivity contribution in [2.24, 2.45) is 0 Å². The fraction of sp³-hybridized carbons (Fsp3) is 0.154. The van der Waals surface area contributed by atoms with Gasteiger partial charge in [0, 0.05) is 17.2 Å². The molecule has 156 valence electrons. The van der Waals surface area contributed by atoms with Gasteiger partial charge in [0.1, 0.15) is 0 Å². The minimum absolute atomic E-state index is 0.0711. The maximum atomic E-state index is 12.9. The first-order valence-corrected chi connectivity index (χ1v) is 10.4. The van der Waals surface area contributed by atoms with Gasteiger partial charge >= 0.3 is 0 Å². The molecule has 0 heterocycles. The summed E-state index contributed by atoms with van der Waals surface area (Å²) in [5.74, 6) is -0.308. The third kappa shape index (κ3) is 5.01. The average Bonchev–Trinajstić information content (AvgIpc) is 3.58. The van der Waals surface area contributed by atoms with Crippen LogP contribution >= 0.6 is 0 Å². The molecule has 0 saturated heterocycles. The van der Waals surface area contributed by atoms with Crippen molar-refractivity contribution >= 4 is 34.8 Å². The van der Waals surface area contributed by atoms with Gasteiger partial charge in [-0.15, -0.1) is 0 Å². The van der Waals surface area contributed by atoms with E-state index in [-0.39, 0.29) is 17.9 Å². The van der Waals surface area contributed by atoms with Crippen LogP contribution in [-0.2, 0) is 4.79 Å². The number of aryl methyl sites for hydroxylation is 1. The van der Waals surface area contributed by atoms with Gasteiger partial charge in [0.25, 0.3) is 11.8 Å². The van der Waals surface area contributed by atoms with Crippen LogP contribution in [-0.4, -0.2) is 17.9 Å². The van der Waals surface area contributed by atoms with E-state index in [0.29, 0.717) is 22.5 Å². The lowest BCUT2D eigenvalue weighted by Crippen LogP contribution is -2.26. The fourth-order valence-electron chi connectivity index (χ4n) is 3.33. The third-order valence-corrected chi connectivity index (χ3v) is 5.29. The molecule has 1 fully saturated rings. The summed E-state index contributed by atoms with van der Waals surface area (Å²) in [5.41, 5.74) is 10.9. The summed E-state index contributed by atoms with van der Waals surface area (Å²) in [6, 6.07) is 22.4. The molecule has 5 heteroatoms. The number of anilines is 2. The van der Waals surface area contributed by atoms with Gasteiger partial charge in [-0.1, -0.05) is 48.5 Å².